The lowest BCUT2D eigenvalue weighted by Gasteiger charge is -2.03. The maximum Gasteiger partial charge on any atom is 0.101 e. The molecule has 1 heteroatoms. The summed E-state index contributed by atoms with van der Waals surface area (Å²) < 4.78 is 5.60. The molecular weight excluding hydrogens is 160 g/mol. The second-order valence-electron chi connectivity index (χ2n) is 3.33. The fourth-order valence-electron chi connectivity index (χ4n) is 1.57. The largest absolute Gasteiger partial charge is 0.498 e. The van der Waals surface area contributed by atoms with Crippen LogP contribution >= 0.6 is 0 Å². The van der Waals surface area contributed by atoms with Gasteiger partial charge < -0.3 is 4.74 Å². The smallest absolute Gasteiger partial charge is 0.101 e. The topological polar surface area (TPSA) is 9.23 Å². The molecule has 68 valence electrons. The van der Waals surface area contributed by atoms with E-state index in [0.29, 0.717) is 0 Å². The summed E-state index contributed by atoms with van der Waals surface area (Å²) in [6, 6.07) is 8.44. The highest BCUT2D eigenvalue weighted by Gasteiger charge is 2.11. The molecule has 0 aliphatic heterocycles. The summed E-state index contributed by atoms with van der Waals surface area (Å²) in [4.78, 5) is 0. The maximum atomic E-state index is 5.60. The summed E-state index contributed by atoms with van der Waals surface area (Å²) in [7, 11) is 0. The Labute approximate surface area is 79.0 Å². The van der Waals surface area contributed by atoms with Gasteiger partial charge in [-0.25, -0.2) is 0 Å². The Hall–Kier alpha value is -1.24. The highest BCUT2D eigenvalue weighted by atomic mass is 16.5. The Balaban J connectivity index is 2.08. The summed E-state index contributed by atoms with van der Waals surface area (Å²) in [5.74, 6) is 1.11. The number of benzene rings is 1. The van der Waals surface area contributed by atoms with Crippen LogP contribution in [0.4, 0.5) is 0 Å². The molecule has 1 aliphatic carbocycles. The van der Waals surface area contributed by atoms with Crippen molar-refractivity contribution in [2.45, 2.75) is 19.8 Å². The van der Waals surface area contributed by atoms with E-state index in [9.17, 15) is 0 Å². The van der Waals surface area contributed by atoms with E-state index in [1.807, 2.05) is 0 Å². The lowest BCUT2D eigenvalue weighted by molar-refractivity contribution is 0.212. The molecule has 13 heavy (non-hydrogen) atoms. The lowest BCUT2D eigenvalue weighted by Crippen LogP contribution is -1.93. The molecule has 0 atom stereocenters. The monoisotopic (exact) mass is 174 g/mol. The van der Waals surface area contributed by atoms with Crippen LogP contribution in [0, 0.1) is 0 Å². The molecule has 1 aliphatic rings. The SMILES string of the molecule is CCCOC1=Cc2ccccc2C1. The van der Waals surface area contributed by atoms with Gasteiger partial charge in [0.2, 0.25) is 0 Å². The van der Waals surface area contributed by atoms with Gasteiger partial charge in [0.15, 0.2) is 0 Å². The van der Waals surface area contributed by atoms with E-state index < -0.39 is 0 Å². The molecule has 0 saturated carbocycles. The minimum atomic E-state index is 0.833. The van der Waals surface area contributed by atoms with Crippen molar-refractivity contribution < 1.29 is 4.74 Å². The first kappa shape index (κ1) is 8.36. The summed E-state index contributed by atoms with van der Waals surface area (Å²) in [5.41, 5.74) is 2.70. The van der Waals surface area contributed by atoms with E-state index >= 15 is 0 Å². The van der Waals surface area contributed by atoms with Gasteiger partial charge in [0.25, 0.3) is 0 Å². The molecule has 0 bridgehead atoms. The van der Waals surface area contributed by atoms with Crippen LogP contribution < -0.4 is 0 Å². The summed E-state index contributed by atoms with van der Waals surface area (Å²) >= 11 is 0. The third kappa shape index (κ3) is 1.74. The first-order valence-corrected chi connectivity index (χ1v) is 4.81. The fraction of sp³-hybridized carbons (Fsp3) is 0.333. The first-order valence-electron chi connectivity index (χ1n) is 4.81. The number of fused-ring (bicyclic) bond motifs is 1. The average Bonchev–Trinajstić information content (AvgIpc) is 2.57. The van der Waals surface area contributed by atoms with Gasteiger partial charge >= 0.3 is 0 Å². The molecule has 0 radical (unpaired) electrons. The molecule has 0 amide bonds. The van der Waals surface area contributed by atoms with E-state index in [2.05, 4.69) is 37.3 Å². The van der Waals surface area contributed by atoms with Crippen molar-refractivity contribution in [1.29, 1.82) is 0 Å². The van der Waals surface area contributed by atoms with E-state index in [4.69, 9.17) is 4.74 Å². The molecule has 0 spiro atoms. The zero-order chi connectivity index (χ0) is 9.10. The molecule has 1 aromatic rings. The maximum absolute atomic E-state index is 5.60. The van der Waals surface area contributed by atoms with E-state index in [0.717, 1.165) is 25.2 Å². The average molecular weight is 174 g/mol. The molecule has 0 fully saturated rings. The first-order chi connectivity index (χ1) is 6.40. The van der Waals surface area contributed by atoms with Crippen molar-refractivity contribution >= 4 is 6.08 Å². The molecule has 0 heterocycles. The van der Waals surface area contributed by atoms with Crippen LogP contribution in [0.5, 0.6) is 0 Å². The van der Waals surface area contributed by atoms with Crippen molar-refractivity contribution in [2.75, 3.05) is 6.61 Å². The third-order valence-electron chi connectivity index (χ3n) is 2.23. The molecule has 0 aromatic heterocycles. The molecule has 2 rings (SSSR count). The van der Waals surface area contributed by atoms with Crippen molar-refractivity contribution in [2.24, 2.45) is 0 Å². The standard InChI is InChI=1S/C12H14O/c1-2-7-13-12-8-10-5-3-4-6-11(10)9-12/h3-6,8H,2,7,9H2,1H3. The minimum absolute atomic E-state index is 0.833. The highest BCUT2D eigenvalue weighted by molar-refractivity contribution is 5.61. The normalized spacial score (nSPS) is 13.8. The van der Waals surface area contributed by atoms with Crippen LogP contribution in [0.1, 0.15) is 24.5 Å². The van der Waals surface area contributed by atoms with Gasteiger partial charge in [0, 0.05) is 6.42 Å². The van der Waals surface area contributed by atoms with E-state index in [1.54, 1.807) is 0 Å². The summed E-state index contributed by atoms with van der Waals surface area (Å²) in [5, 5.41) is 0. The van der Waals surface area contributed by atoms with Crippen molar-refractivity contribution in [3.63, 3.8) is 0 Å². The molecule has 0 N–H and O–H groups in total. The van der Waals surface area contributed by atoms with Crippen LogP contribution in [0.3, 0.4) is 0 Å². The Kier molecular flexibility index (Phi) is 2.35. The predicted octanol–water partition coefficient (Wildman–Crippen LogP) is 3.01. The summed E-state index contributed by atoms with van der Waals surface area (Å²) in [6.07, 6.45) is 4.19. The zero-order valence-corrected chi connectivity index (χ0v) is 7.92. The Morgan fingerprint density at radius 2 is 2.15 bits per heavy atom. The molecule has 0 saturated heterocycles. The zero-order valence-electron chi connectivity index (χ0n) is 7.92. The van der Waals surface area contributed by atoms with E-state index in [-0.39, 0.29) is 0 Å². The highest BCUT2D eigenvalue weighted by Crippen LogP contribution is 2.24. The van der Waals surface area contributed by atoms with Gasteiger partial charge in [-0.3, -0.25) is 0 Å². The summed E-state index contributed by atoms with van der Waals surface area (Å²) in [6.45, 7) is 2.96. The van der Waals surface area contributed by atoms with Gasteiger partial charge in [0.1, 0.15) is 5.76 Å². The molecule has 1 nitrogen and oxygen atoms in total. The van der Waals surface area contributed by atoms with Gasteiger partial charge in [-0.1, -0.05) is 31.2 Å². The van der Waals surface area contributed by atoms with Gasteiger partial charge in [-0.2, -0.15) is 0 Å². The number of rotatable bonds is 3. The third-order valence-corrected chi connectivity index (χ3v) is 2.23. The van der Waals surface area contributed by atoms with Crippen molar-refractivity contribution in [3.05, 3.63) is 41.2 Å². The second-order valence-corrected chi connectivity index (χ2v) is 3.33. The number of ether oxygens (including phenoxy) is 1. The number of hydrogen-bond acceptors (Lipinski definition) is 1. The second kappa shape index (κ2) is 3.65. The van der Waals surface area contributed by atoms with Crippen LogP contribution in [-0.2, 0) is 11.2 Å². The molecule has 1 aromatic carbocycles. The quantitative estimate of drug-likeness (QED) is 0.684. The van der Waals surface area contributed by atoms with Crippen LogP contribution in [0.25, 0.3) is 6.08 Å². The molecule has 0 unspecified atom stereocenters. The number of allylic oxidation sites excluding steroid dienone is 1. The Morgan fingerprint density at radius 3 is 2.92 bits per heavy atom. The van der Waals surface area contributed by atoms with Crippen LogP contribution in [0.15, 0.2) is 30.0 Å². The molecular formula is C12H14O. The van der Waals surface area contributed by atoms with Crippen molar-refractivity contribution in [1.82, 2.24) is 0 Å². The van der Waals surface area contributed by atoms with Gasteiger partial charge in [0.05, 0.1) is 6.61 Å². The Morgan fingerprint density at radius 1 is 1.31 bits per heavy atom. The van der Waals surface area contributed by atoms with E-state index in [1.165, 1.54) is 11.1 Å². The minimum Gasteiger partial charge on any atom is -0.498 e. The van der Waals surface area contributed by atoms with Crippen LogP contribution in [-0.4, -0.2) is 6.61 Å². The number of hydrogen-bond donors (Lipinski definition) is 0. The Bertz CT molecular complexity index is 326. The van der Waals surface area contributed by atoms with Crippen molar-refractivity contribution in [3.8, 4) is 0 Å². The van der Waals surface area contributed by atoms with Gasteiger partial charge in [-0.15, -0.1) is 0 Å². The predicted molar refractivity (Wildman–Crippen MR) is 54.4 cm³/mol. The lowest BCUT2D eigenvalue weighted by atomic mass is 10.1. The van der Waals surface area contributed by atoms with Gasteiger partial charge in [-0.05, 0) is 23.6 Å². The van der Waals surface area contributed by atoms with Crippen LogP contribution in [0.2, 0.25) is 0 Å². The fourth-order valence-corrected chi connectivity index (χ4v) is 1.57.